The molecule has 12 heteroatoms. The summed E-state index contributed by atoms with van der Waals surface area (Å²) in [7, 11) is 0. The largest absolute Gasteiger partial charge is 0.573 e. The fourth-order valence-electron chi connectivity index (χ4n) is 3.42. The molecule has 148 valence electrons. The number of rotatable bonds is 4. The number of nitrogens with zero attached hydrogens (tertiary/aromatic N) is 5. The predicted molar refractivity (Wildman–Crippen MR) is 93.8 cm³/mol. The van der Waals surface area contributed by atoms with Crippen molar-refractivity contribution in [2.45, 2.75) is 44.0 Å². The summed E-state index contributed by atoms with van der Waals surface area (Å²) >= 11 is 1.07. The van der Waals surface area contributed by atoms with Crippen molar-refractivity contribution in [2.75, 3.05) is 5.32 Å². The minimum absolute atomic E-state index is 0.287. The number of alkyl halides is 3. The van der Waals surface area contributed by atoms with Crippen LogP contribution in [-0.2, 0) is 10.3 Å². The fourth-order valence-corrected chi connectivity index (χ4v) is 4.31. The van der Waals surface area contributed by atoms with E-state index in [0.29, 0.717) is 28.2 Å². The third kappa shape index (κ3) is 3.63. The molecule has 28 heavy (non-hydrogen) atoms. The van der Waals surface area contributed by atoms with Crippen molar-refractivity contribution in [2.24, 2.45) is 0 Å². The number of hydrogen-bond donors (Lipinski definition) is 1. The van der Waals surface area contributed by atoms with Crippen LogP contribution >= 0.6 is 11.3 Å². The maximum Gasteiger partial charge on any atom is 0.573 e. The first-order chi connectivity index (χ1) is 13.4. The first-order valence-corrected chi connectivity index (χ1v) is 9.39. The van der Waals surface area contributed by atoms with Gasteiger partial charge in [-0.05, 0) is 35.4 Å². The van der Waals surface area contributed by atoms with Crippen molar-refractivity contribution >= 4 is 32.6 Å². The second-order valence-corrected chi connectivity index (χ2v) is 7.53. The molecule has 1 amide bonds. The quantitative estimate of drug-likeness (QED) is 0.705. The van der Waals surface area contributed by atoms with Gasteiger partial charge in [-0.25, -0.2) is 9.67 Å². The van der Waals surface area contributed by atoms with Gasteiger partial charge >= 0.3 is 6.36 Å². The Kier molecular flexibility index (Phi) is 4.65. The molecule has 1 aliphatic carbocycles. The van der Waals surface area contributed by atoms with E-state index in [0.717, 1.165) is 30.6 Å². The number of aromatic nitrogens is 5. The molecule has 0 unspecified atom stereocenters. The second kappa shape index (κ2) is 7.00. The monoisotopic (exact) mass is 412 g/mol. The number of amides is 1. The summed E-state index contributed by atoms with van der Waals surface area (Å²) in [5.74, 6) is -0.621. The topological polar surface area (TPSA) is 94.8 Å². The van der Waals surface area contributed by atoms with Crippen LogP contribution in [0.15, 0.2) is 24.5 Å². The Balaban J connectivity index is 1.59. The van der Waals surface area contributed by atoms with Gasteiger partial charge in [0.15, 0.2) is 5.13 Å². The Bertz CT molecular complexity index is 982. The zero-order valence-electron chi connectivity index (χ0n) is 14.4. The molecule has 0 atom stereocenters. The van der Waals surface area contributed by atoms with Crippen molar-refractivity contribution in [3.63, 3.8) is 0 Å². The summed E-state index contributed by atoms with van der Waals surface area (Å²) in [4.78, 5) is 17.4. The Morgan fingerprint density at radius 3 is 2.71 bits per heavy atom. The van der Waals surface area contributed by atoms with E-state index in [-0.39, 0.29) is 11.7 Å². The lowest BCUT2D eigenvalue weighted by Gasteiger charge is -2.34. The molecule has 0 bridgehead atoms. The zero-order valence-corrected chi connectivity index (χ0v) is 15.3. The Labute approximate surface area is 160 Å². The third-order valence-electron chi connectivity index (χ3n) is 4.70. The highest BCUT2D eigenvalue weighted by Gasteiger charge is 2.43. The number of anilines is 1. The SMILES string of the molecule is O=C(Nc1nc2ccc(OC(F)(F)F)cc2s1)C1(n2cnnn2)CCCCC1. The molecule has 2 aromatic heterocycles. The van der Waals surface area contributed by atoms with E-state index in [1.54, 1.807) is 0 Å². The van der Waals surface area contributed by atoms with Crippen LogP contribution in [0.1, 0.15) is 32.1 Å². The number of carbonyl (C=O) groups is 1. The van der Waals surface area contributed by atoms with Crippen LogP contribution in [0.2, 0.25) is 0 Å². The molecule has 1 N–H and O–H groups in total. The van der Waals surface area contributed by atoms with Crippen molar-refractivity contribution in [1.82, 2.24) is 25.2 Å². The molecule has 1 aromatic carbocycles. The van der Waals surface area contributed by atoms with Gasteiger partial charge in [0, 0.05) is 6.07 Å². The van der Waals surface area contributed by atoms with Crippen LogP contribution in [0, 0.1) is 0 Å². The number of ether oxygens (including phenoxy) is 1. The molecule has 1 saturated carbocycles. The number of benzene rings is 1. The molecule has 3 aromatic rings. The second-order valence-electron chi connectivity index (χ2n) is 6.50. The van der Waals surface area contributed by atoms with Crippen LogP contribution in [0.3, 0.4) is 0 Å². The number of halogens is 3. The van der Waals surface area contributed by atoms with Gasteiger partial charge in [0.05, 0.1) is 10.2 Å². The lowest BCUT2D eigenvalue weighted by molar-refractivity contribution is -0.274. The maximum atomic E-state index is 13.1. The van der Waals surface area contributed by atoms with Crippen LogP contribution in [0.25, 0.3) is 10.2 Å². The van der Waals surface area contributed by atoms with Crippen molar-refractivity contribution in [1.29, 1.82) is 0 Å². The molecular weight excluding hydrogens is 397 g/mol. The first-order valence-electron chi connectivity index (χ1n) is 8.57. The molecule has 8 nitrogen and oxygen atoms in total. The minimum Gasteiger partial charge on any atom is -0.406 e. The molecule has 2 heterocycles. The highest BCUT2D eigenvalue weighted by Crippen LogP contribution is 2.37. The number of tetrazole rings is 1. The molecule has 0 aliphatic heterocycles. The number of fused-ring (bicyclic) bond motifs is 1. The molecule has 0 radical (unpaired) electrons. The van der Waals surface area contributed by atoms with Gasteiger partial charge in [-0.2, -0.15) is 0 Å². The van der Waals surface area contributed by atoms with E-state index in [1.165, 1.54) is 29.2 Å². The predicted octanol–water partition coefficient (Wildman–Crippen LogP) is 3.48. The Morgan fingerprint density at radius 1 is 1.25 bits per heavy atom. The summed E-state index contributed by atoms with van der Waals surface area (Å²) in [6, 6.07) is 3.85. The number of carbonyl (C=O) groups excluding carboxylic acids is 1. The summed E-state index contributed by atoms with van der Waals surface area (Å²) in [5.41, 5.74) is -0.431. The molecule has 1 aliphatic rings. The van der Waals surface area contributed by atoms with Gasteiger partial charge in [-0.3, -0.25) is 10.1 Å². The van der Waals surface area contributed by atoms with Crippen LogP contribution < -0.4 is 10.1 Å². The number of hydrogen-bond acceptors (Lipinski definition) is 7. The molecule has 0 saturated heterocycles. The zero-order chi connectivity index (χ0) is 19.8. The number of thiazole rings is 1. The van der Waals surface area contributed by atoms with E-state index in [1.807, 2.05) is 0 Å². The highest BCUT2D eigenvalue weighted by atomic mass is 32.1. The molecule has 1 fully saturated rings. The van der Waals surface area contributed by atoms with E-state index in [2.05, 4.69) is 30.6 Å². The van der Waals surface area contributed by atoms with Gasteiger partial charge in [0.1, 0.15) is 17.6 Å². The lowest BCUT2D eigenvalue weighted by Crippen LogP contribution is -2.47. The van der Waals surface area contributed by atoms with Crippen molar-refractivity contribution < 1.29 is 22.7 Å². The summed E-state index contributed by atoms with van der Waals surface area (Å²) in [6.07, 6.45) is 0.603. The number of nitrogens with one attached hydrogen (secondary N) is 1. The average Bonchev–Trinajstić information content (AvgIpc) is 3.30. The van der Waals surface area contributed by atoms with E-state index in [9.17, 15) is 18.0 Å². The average molecular weight is 412 g/mol. The molecular formula is C16H15F3N6O2S. The third-order valence-corrected chi connectivity index (χ3v) is 5.64. The van der Waals surface area contributed by atoms with Gasteiger partial charge in [0.25, 0.3) is 5.91 Å². The Morgan fingerprint density at radius 2 is 2.04 bits per heavy atom. The summed E-state index contributed by atoms with van der Waals surface area (Å²) < 4.78 is 43.0. The van der Waals surface area contributed by atoms with Gasteiger partial charge in [-0.15, -0.1) is 18.3 Å². The fraction of sp³-hybridized carbons (Fsp3) is 0.438. The normalized spacial score (nSPS) is 16.8. The lowest BCUT2D eigenvalue weighted by atomic mass is 9.81. The van der Waals surface area contributed by atoms with E-state index >= 15 is 0 Å². The van der Waals surface area contributed by atoms with Crippen LogP contribution in [-0.4, -0.2) is 37.5 Å². The maximum absolute atomic E-state index is 13.1. The van der Waals surface area contributed by atoms with Gasteiger partial charge < -0.3 is 4.74 Å². The summed E-state index contributed by atoms with van der Waals surface area (Å²) in [5, 5.41) is 14.3. The Hall–Kier alpha value is -2.76. The van der Waals surface area contributed by atoms with Gasteiger partial charge in [0.2, 0.25) is 0 Å². The van der Waals surface area contributed by atoms with Crippen LogP contribution in [0.5, 0.6) is 5.75 Å². The van der Waals surface area contributed by atoms with Crippen LogP contribution in [0.4, 0.5) is 18.3 Å². The summed E-state index contributed by atoms with van der Waals surface area (Å²) in [6.45, 7) is 0. The van der Waals surface area contributed by atoms with Crippen molar-refractivity contribution in [3.8, 4) is 5.75 Å². The smallest absolute Gasteiger partial charge is 0.406 e. The van der Waals surface area contributed by atoms with E-state index < -0.39 is 11.9 Å². The van der Waals surface area contributed by atoms with Crippen molar-refractivity contribution in [3.05, 3.63) is 24.5 Å². The van der Waals surface area contributed by atoms with E-state index in [4.69, 9.17) is 0 Å². The highest BCUT2D eigenvalue weighted by molar-refractivity contribution is 7.22. The first kappa shape index (κ1) is 18.6. The molecule has 4 rings (SSSR count). The molecule has 0 spiro atoms. The minimum atomic E-state index is -4.77. The van der Waals surface area contributed by atoms with Gasteiger partial charge in [-0.1, -0.05) is 30.6 Å². The standard InChI is InChI=1S/C16H15F3N6O2S/c17-16(18,19)27-10-4-5-11-12(8-10)28-14(21-11)22-13(26)15(6-2-1-3-7-15)25-9-20-23-24-25/h4-5,8-9H,1-3,6-7H2,(H,21,22,26).